The number of carbonyl (C=O) groups excluding carboxylic acids is 3. The highest BCUT2D eigenvalue weighted by molar-refractivity contribution is 5.94. The van der Waals surface area contributed by atoms with Crippen molar-refractivity contribution in [1.82, 2.24) is 10.6 Å². The molecule has 180 valence electrons. The summed E-state index contributed by atoms with van der Waals surface area (Å²) >= 11 is 0. The van der Waals surface area contributed by atoms with Gasteiger partial charge in [0.05, 0.1) is 13.2 Å². The first-order valence-corrected chi connectivity index (χ1v) is 11.0. The molecule has 1 aromatic carbocycles. The fourth-order valence-corrected chi connectivity index (χ4v) is 2.75. The summed E-state index contributed by atoms with van der Waals surface area (Å²) in [6.45, 7) is 17.8. The molecule has 1 atom stereocenters. The van der Waals surface area contributed by atoms with E-state index in [1.165, 1.54) is 0 Å². The predicted molar refractivity (Wildman–Crippen MR) is 126 cm³/mol. The molecule has 0 saturated heterocycles. The number of aldehydes is 1. The van der Waals surface area contributed by atoms with Crippen molar-refractivity contribution in [3.63, 3.8) is 0 Å². The molecule has 0 radical (unpaired) electrons. The van der Waals surface area contributed by atoms with Crippen LogP contribution in [0.2, 0.25) is 0 Å². The molecule has 2 amide bonds. The number of nitrogens with one attached hydrogen (secondary N) is 2. The summed E-state index contributed by atoms with van der Waals surface area (Å²) in [6.07, 6.45) is 0.330. The van der Waals surface area contributed by atoms with Crippen molar-refractivity contribution in [1.29, 1.82) is 0 Å². The fraction of sp³-hybridized carbons (Fsp3) is 0.640. The topological polar surface area (TPSA) is 93.7 Å². The molecule has 7 heteroatoms. The first-order chi connectivity index (χ1) is 14.6. The summed E-state index contributed by atoms with van der Waals surface area (Å²) in [5.41, 5.74) is 0.112. The van der Waals surface area contributed by atoms with Crippen LogP contribution >= 0.6 is 0 Å². The summed E-state index contributed by atoms with van der Waals surface area (Å²) in [5, 5.41) is 5.75. The standard InChI is InChI=1S/C25H40N2O5/c1-18(13-26-22(30)32-23(2,3)4)25(7,8)17-31-16-24(5,6)15-27-21(29)20-11-9-19(14-28)10-12-20/h9-12,14,18H,13,15-17H2,1-8H3,(H,26,30)(H,27,29). The minimum absolute atomic E-state index is 0.158. The Labute approximate surface area is 192 Å². The maximum Gasteiger partial charge on any atom is 0.407 e. The number of hydrogen-bond donors (Lipinski definition) is 2. The van der Waals surface area contributed by atoms with Crippen LogP contribution in [0.15, 0.2) is 24.3 Å². The van der Waals surface area contributed by atoms with Crippen molar-refractivity contribution in [2.45, 2.75) is 61.0 Å². The maximum atomic E-state index is 12.3. The zero-order valence-corrected chi connectivity index (χ0v) is 20.8. The smallest absolute Gasteiger partial charge is 0.407 e. The fourth-order valence-electron chi connectivity index (χ4n) is 2.75. The maximum absolute atomic E-state index is 12.3. The molecule has 2 N–H and O–H groups in total. The van der Waals surface area contributed by atoms with Crippen LogP contribution in [-0.4, -0.2) is 50.2 Å². The zero-order valence-electron chi connectivity index (χ0n) is 20.8. The summed E-state index contributed by atoms with van der Waals surface area (Å²) in [4.78, 5) is 35.0. The van der Waals surface area contributed by atoms with Gasteiger partial charge in [-0.05, 0) is 44.2 Å². The van der Waals surface area contributed by atoms with Crippen LogP contribution in [-0.2, 0) is 9.47 Å². The lowest BCUT2D eigenvalue weighted by Crippen LogP contribution is -2.41. The van der Waals surface area contributed by atoms with Crippen molar-refractivity contribution in [2.24, 2.45) is 16.7 Å². The molecule has 32 heavy (non-hydrogen) atoms. The number of benzene rings is 1. The SMILES string of the molecule is CC(CNC(=O)OC(C)(C)C)C(C)(C)COCC(C)(C)CNC(=O)c1ccc(C=O)cc1. The van der Waals surface area contributed by atoms with Gasteiger partial charge < -0.3 is 20.1 Å². The van der Waals surface area contributed by atoms with E-state index >= 15 is 0 Å². The highest BCUT2D eigenvalue weighted by Gasteiger charge is 2.29. The van der Waals surface area contributed by atoms with Crippen LogP contribution in [0.5, 0.6) is 0 Å². The van der Waals surface area contributed by atoms with Gasteiger partial charge >= 0.3 is 6.09 Å². The van der Waals surface area contributed by atoms with E-state index in [4.69, 9.17) is 9.47 Å². The molecule has 1 rings (SSSR count). The number of ether oxygens (including phenoxy) is 2. The van der Waals surface area contributed by atoms with E-state index in [1.807, 2.05) is 34.6 Å². The molecule has 0 aliphatic heterocycles. The molecule has 0 aliphatic carbocycles. The Morgan fingerprint density at radius 3 is 2.09 bits per heavy atom. The van der Waals surface area contributed by atoms with Gasteiger partial charge in [-0.1, -0.05) is 46.8 Å². The third-order valence-corrected chi connectivity index (χ3v) is 5.29. The van der Waals surface area contributed by atoms with Gasteiger partial charge in [-0.15, -0.1) is 0 Å². The molecule has 0 saturated carbocycles. The Balaban J connectivity index is 2.43. The Kier molecular flexibility index (Phi) is 9.89. The van der Waals surface area contributed by atoms with Gasteiger partial charge in [-0.25, -0.2) is 4.79 Å². The number of amides is 2. The van der Waals surface area contributed by atoms with Gasteiger partial charge in [0.2, 0.25) is 0 Å². The highest BCUT2D eigenvalue weighted by Crippen LogP contribution is 2.27. The molecular weight excluding hydrogens is 408 g/mol. The molecular formula is C25H40N2O5. The molecule has 0 aliphatic rings. The van der Waals surface area contributed by atoms with Crippen LogP contribution in [0.25, 0.3) is 0 Å². The van der Waals surface area contributed by atoms with Gasteiger partial charge in [-0.3, -0.25) is 9.59 Å². The van der Waals surface area contributed by atoms with Gasteiger partial charge in [0.15, 0.2) is 0 Å². The third-order valence-electron chi connectivity index (χ3n) is 5.29. The van der Waals surface area contributed by atoms with Crippen molar-refractivity contribution < 1.29 is 23.9 Å². The largest absolute Gasteiger partial charge is 0.444 e. The van der Waals surface area contributed by atoms with E-state index in [-0.39, 0.29) is 22.7 Å². The second-order valence-electron chi connectivity index (χ2n) is 10.9. The minimum Gasteiger partial charge on any atom is -0.444 e. The molecule has 1 unspecified atom stereocenters. The monoisotopic (exact) mass is 448 g/mol. The summed E-state index contributed by atoms with van der Waals surface area (Å²) in [7, 11) is 0. The van der Waals surface area contributed by atoms with E-state index < -0.39 is 11.7 Å². The molecule has 0 bridgehead atoms. The van der Waals surface area contributed by atoms with Crippen molar-refractivity contribution in [2.75, 3.05) is 26.3 Å². The van der Waals surface area contributed by atoms with Crippen molar-refractivity contribution in [3.8, 4) is 0 Å². The number of carbonyl (C=O) groups is 3. The lowest BCUT2D eigenvalue weighted by molar-refractivity contribution is -0.00449. The van der Waals surface area contributed by atoms with E-state index in [2.05, 4.69) is 31.4 Å². The van der Waals surface area contributed by atoms with Crippen molar-refractivity contribution >= 4 is 18.3 Å². The Bertz CT molecular complexity index is 764. The lowest BCUT2D eigenvalue weighted by Gasteiger charge is -2.34. The van der Waals surface area contributed by atoms with Crippen LogP contribution in [0.3, 0.4) is 0 Å². The van der Waals surface area contributed by atoms with Crippen LogP contribution in [0.4, 0.5) is 4.79 Å². The van der Waals surface area contributed by atoms with Gasteiger partial charge in [0, 0.05) is 29.6 Å². The molecule has 0 fully saturated rings. The van der Waals surface area contributed by atoms with Crippen LogP contribution < -0.4 is 10.6 Å². The predicted octanol–water partition coefficient (Wildman–Crippen LogP) is 4.46. The Hall–Kier alpha value is -2.41. The van der Waals surface area contributed by atoms with Gasteiger partial charge in [0.1, 0.15) is 11.9 Å². The highest BCUT2D eigenvalue weighted by atomic mass is 16.6. The molecule has 7 nitrogen and oxygen atoms in total. The normalized spacial score (nSPS) is 13.2. The van der Waals surface area contributed by atoms with Crippen LogP contribution in [0.1, 0.15) is 76.1 Å². The van der Waals surface area contributed by atoms with E-state index in [0.29, 0.717) is 37.4 Å². The first-order valence-electron chi connectivity index (χ1n) is 11.0. The average molecular weight is 449 g/mol. The summed E-state index contributed by atoms with van der Waals surface area (Å²) in [5.74, 6) is -0.00939. The Morgan fingerprint density at radius 2 is 1.56 bits per heavy atom. The number of hydrogen-bond acceptors (Lipinski definition) is 5. The second kappa shape index (κ2) is 11.5. The Morgan fingerprint density at radius 1 is 0.969 bits per heavy atom. The molecule has 0 spiro atoms. The zero-order chi connectivity index (χ0) is 24.6. The second-order valence-corrected chi connectivity index (χ2v) is 10.9. The minimum atomic E-state index is -0.522. The van der Waals surface area contributed by atoms with Crippen LogP contribution in [0, 0.1) is 16.7 Å². The molecule has 0 heterocycles. The quantitative estimate of drug-likeness (QED) is 0.488. The third kappa shape index (κ3) is 10.3. The van der Waals surface area contributed by atoms with Crippen molar-refractivity contribution in [3.05, 3.63) is 35.4 Å². The van der Waals surface area contributed by atoms with Gasteiger partial charge in [-0.2, -0.15) is 0 Å². The molecule has 0 aromatic heterocycles. The number of alkyl carbamates (subject to hydrolysis) is 1. The number of rotatable bonds is 11. The summed E-state index contributed by atoms with van der Waals surface area (Å²) in [6, 6.07) is 6.52. The van der Waals surface area contributed by atoms with E-state index in [0.717, 1.165) is 6.29 Å². The molecule has 1 aromatic rings. The van der Waals surface area contributed by atoms with Gasteiger partial charge in [0.25, 0.3) is 5.91 Å². The first kappa shape index (κ1) is 27.6. The summed E-state index contributed by atoms with van der Waals surface area (Å²) < 4.78 is 11.3. The van der Waals surface area contributed by atoms with E-state index in [9.17, 15) is 14.4 Å². The average Bonchev–Trinajstić information content (AvgIpc) is 2.68. The van der Waals surface area contributed by atoms with E-state index in [1.54, 1.807) is 24.3 Å². The lowest BCUT2D eigenvalue weighted by atomic mass is 9.80.